The fraction of sp³-hybridized carbons (Fsp3) is 0.333. The highest BCUT2D eigenvalue weighted by Crippen LogP contribution is 2.25. The summed E-state index contributed by atoms with van der Waals surface area (Å²) in [5, 5.41) is 0.317. The van der Waals surface area contributed by atoms with Gasteiger partial charge >= 0.3 is 5.97 Å². The van der Waals surface area contributed by atoms with Gasteiger partial charge in [0.15, 0.2) is 0 Å². The number of imidazole rings is 1. The van der Waals surface area contributed by atoms with Gasteiger partial charge in [0, 0.05) is 36.3 Å². The third kappa shape index (κ3) is 5.88. The first-order chi connectivity index (χ1) is 20.4. The highest BCUT2D eigenvalue weighted by Gasteiger charge is 2.28. The summed E-state index contributed by atoms with van der Waals surface area (Å²) in [7, 11) is 1.35. The summed E-state index contributed by atoms with van der Waals surface area (Å²) in [6.07, 6.45) is 1.00. The van der Waals surface area contributed by atoms with Crippen LogP contribution < -0.4 is 9.64 Å². The number of esters is 1. The number of fused-ring (bicyclic) bond motifs is 1. The van der Waals surface area contributed by atoms with E-state index >= 15 is 0 Å². The normalized spacial score (nSPS) is 16.9. The van der Waals surface area contributed by atoms with E-state index < -0.39 is 11.8 Å². The second-order valence-corrected chi connectivity index (χ2v) is 10.6. The Hall–Kier alpha value is -4.22. The number of benzene rings is 2. The maximum Gasteiger partial charge on any atom is 0.337 e. The smallest absolute Gasteiger partial charge is 0.337 e. The Bertz CT molecular complexity index is 1640. The van der Waals surface area contributed by atoms with Crippen LogP contribution in [0.5, 0.6) is 5.88 Å². The van der Waals surface area contributed by atoms with Crippen LogP contribution in [-0.4, -0.2) is 70.8 Å². The summed E-state index contributed by atoms with van der Waals surface area (Å²) in [5.74, 6) is 0.728. The zero-order valence-electron chi connectivity index (χ0n) is 23.0. The molecule has 0 bridgehead atoms. The van der Waals surface area contributed by atoms with Crippen molar-refractivity contribution in [3.63, 3.8) is 0 Å². The minimum absolute atomic E-state index is 0.000182. The molecule has 10 nitrogen and oxygen atoms in total. The van der Waals surface area contributed by atoms with Gasteiger partial charge in [-0.25, -0.2) is 14.2 Å². The minimum atomic E-state index is -0.446. The molecule has 2 aromatic heterocycles. The van der Waals surface area contributed by atoms with Gasteiger partial charge in [0.1, 0.15) is 24.1 Å². The van der Waals surface area contributed by atoms with Crippen molar-refractivity contribution in [3.05, 3.63) is 82.4 Å². The Labute approximate surface area is 246 Å². The molecule has 0 aliphatic carbocycles. The molecule has 0 unspecified atom stereocenters. The van der Waals surface area contributed by atoms with Gasteiger partial charge in [-0.15, -0.1) is 0 Å². The largest absolute Gasteiger partial charge is 0.473 e. The Balaban J connectivity index is 1.14. The lowest BCUT2D eigenvalue weighted by Crippen LogP contribution is -2.50. The molecule has 2 aliphatic heterocycles. The van der Waals surface area contributed by atoms with E-state index in [-0.39, 0.29) is 25.2 Å². The van der Waals surface area contributed by atoms with E-state index in [0.717, 1.165) is 29.9 Å². The van der Waals surface area contributed by atoms with E-state index in [0.29, 0.717) is 54.0 Å². The lowest BCUT2D eigenvalue weighted by molar-refractivity contribution is -0.131. The summed E-state index contributed by atoms with van der Waals surface area (Å²) < 4.78 is 32.5. The molecule has 2 fully saturated rings. The number of methoxy groups -OCH3 is 1. The molecule has 0 spiro atoms. The number of carbonyl (C=O) groups excluding carboxylic acids is 2. The summed E-state index contributed by atoms with van der Waals surface area (Å²) in [6, 6.07) is 15.0. The van der Waals surface area contributed by atoms with Crippen LogP contribution >= 0.6 is 11.6 Å². The monoisotopic (exact) mass is 593 g/mol. The van der Waals surface area contributed by atoms with E-state index in [1.165, 1.54) is 13.2 Å². The van der Waals surface area contributed by atoms with Gasteiger partial charge in [-0.05, 0) is 42.8 Å². The average molecular weight is 594 g/mol. The van der Waals surface area contributed by atoms with Gasteiger partial charge in [0.05, 0.1) is 49.4 Å². The fourth-order valence-electron chi connectivity index (χ4n) is 5.07. The van der Waals surface area contributed by atoms with Gasteiger partial charge in [0.2, 0.25) is 11.8 Å². The number of carbonyl (C=O) groups is 2. The highest BCUT2D eigenvalue weighted by molar-refractivity contribution is 6.30. The molecule has 1 atom stereocenters. The second-order valence-electron chi connectivity index (χ2n) is 10.2. The molecule has 1 amide bonds. The molecule has 0 N–H and O–H groups in total. The number of halogens is 2. The summed E-state index contributed by atoms with van der Waals surface area (Å²) >= 11 is 5.83. The number of anilines is 1. The standard InChI is InChI=1S/C30H29ClFN5O5/c1-40-30(39)19-6-8-24-25(13-19)37(15-22-9-12-41-22)27(33-24)16-36-11-10-35(17-29(36)38)26-3-2-4-28(34-26)42-18-20-5-7-21(31)14-23(20)32/h2-8,13-14,22H,9-12,15-18H2,1H3/t22-/m0/s1. The molecule has 0 radical (unpaired) electrons. The molecule has 6 rings (SSSR count). The van der Waals surface area contributed by atoms with Crippen LogP contribution in [0.1, 0.15) is 28.2 Å². The summed E-state index contributed by atoms with van der Waals surface area (Å²) in [6.45, 7) is 2.80. The van der Waals surface area contributed by atoms with Gasteiger partial charge in [-0.1, -0.05) is 23.7 Å². The zero-order chi connectivity index (χ0) is 29.2. The first kappa shape index (κ1) is 27.9. The van der Waals surface area contributed by atoms with E-state index in [1.54, 1.807) is 47.4 Å². The molecular weight excluding hydrogens is 565 g/mol. The number of pyridine rings is 1. The van der Waals surface area contributed by atoms with Crippen molar-refractivity contribution in [2.45, 2.75) is 32.2 Å². The maximum atomic E-state index is 14.1. The lowest BCUT2D eigenvalue weighted by Gasteiger charge is -2.35. The van der Waals surface area contributed by atoms with Crippen molar-refractivity contribution in [2.75, 3.05) is 38.3 Å². The van der Waals surface area contributed by atoms with Crippen LogP contribution in [0.25, 0.3) is 11.0 Å². The van der Waals surface area contributed by atoms with Crippen LogP contribution in [-0.2, 0) is 34.0 Å². The molecule has 2 saturated heterocycles. The highest BCUT2D eigenvalue weighted by atomic mass is 35.5. The molecule has 42 heavy (non-hydrogen) atoms. The van der Waals surface area contributed by atoms with Gasteiger partial charge in [0.25, 0.3) is 0 Å². The molecule has 2 aliphatic rings. The molecule has 0 saturated carbocycles. The number of ether oxygens (including phenoxy) is 3. The van der Waals surface area contributed by atoms with Crippen LogP contribution in [0.3, 0.4) is 0 Å². The quantitative estimate of drug-likeness (QED) is 0.266. The van der Waals surface area contributed by atoms with Crippen LogP contribution in [0.4, 0.5) is 10.2 Å². The molecular formula is C30H29ClFN5O5. The van der Waals surface area contributed by atoms with E-state index in [4.69, 9.17) is 30.8 Å². The molecule has 4 aromatic rings. The van der Waals surface area contributed by atoms with Crippen molar-refractivity contribution in [3.8, 4) is 5.88 Å². The SMILES string of the molecule is COC(=O)c1ccc2nc(CN3CCN(c4cccc(OCc5ccc(Cl)cc5F)n4)CC3=O)n(C[C@@H]3CCO3)c2c1. The number of hydrogen-bond acceptors (Lipinski definition) is 8. The maximum absolute atomic E-state index is 14.1. The van der Waals surface area contributed by atoms with Crippen molar-refractivity contribution in [1.29, 1.82) is 0 Å². The Kier molecular flexibility index (Phi) is 7.94. The van der Waals surface area contributed by atoms with E-state index in [1.807, 2.05) is 15.5 Å². The number of piperazine rings is 1. The third-order valence-corrected chi connectivity index (χ3v) is 7.74. The Morgan fingerprint density at radius 3 is 2.74 bits per heavy atom. The van der Waals surface area contributed by atoms with E-state index in [9.17, 15) is 14.0 Å². The topological polar surface area (TPSA) is 99.0 Å². The van der Waals surface area contributed by atoms with Gasteiger partial charge in [-0.3, -0.25) is 4.79 Å². The zero-order valence-corrected chi connectivity index (χ0v) is 23.7. The first-order valence-electron chi connectivity index (χ1n) is 13.6. The number of nitrogens with zero attached hydrogens (tertiary/aromatic N) is 5. The van der Waals surface area contributed by atoms with Gasteiger partial charge < -0.3 is 28.6 Å². The van der Waals surface area contributed by atoms with Crippen molar-refractivity contribution in [1.82, 2.24) is 19.4 Å². The fourth-order valence-corrected chi connectivity index (χ4v) is 5.23. The molecule has 12 heteroatoms. The number of hydrogen-bond donors (Lipinski definition) is 0. The number of amides is 1. The molecule has 218 valence electrons. The first-order valence-corrected chi connectivity index (χ1v) is 14.0. The third-order valence-electron chi connectivity index (χ3n) is 7.50. The minimum Gasteiger partial charge on any atom is -0.473 e. The Morgan fingerprint density at radius 1 is 1.14 bits per heavy atom. The van der Waals surface area contributed by atoms with Crippen molar-refractivity contribution >= 4 is 40.3 Å². The Morgan fingerprint density at radius 2 is 2.00 bits per heavy atom. The molecule has 2 aromatic carbocycles. The van der Waals surface area contributed by atoms with Crippen LogP contribution in [0.15, 0.2) is 54.6 Å². The average Bonchev–Trinajstić information content (AvgIpc) is 3.31. The van der Waals surface area contributed by atoms with Gasteiger partial charge in [-0.2, -0.15) is 4.98 Å². The van der Waals surface area contributed by atoms with Crippen LogP contribution in [0, 0.1) is 5.82 Å². The van der Waals surface area contributed by atoms with Crippen LogP contribution in [0.2, 0.25) is 5.02 Å². The number of aromatic nitrogens is 3. The lowest BCUT2D eigenvalue weighted by atomic mass is 10.1. The van der Waals surface area contributed by atoms with E-state index in [2.05, 4.69) is 4.98 Å². The summed E-state index contributed by atoms with van der Waals surface area (Å²) in [5.41, 5.74) is 2.34. The number of rotatable bonds is 9. The molecule has 4 heterocycles. The predicted molar refractivity (Wildman–Crippen MR) is 153 cm³/mol. The summed E-state index contributed by atoms with van der Waals surface area (Å²) in [4.78, 5) is 38.5. The second kappa shape index (κ2) is 11.9. The van der Waals surface area contributed by atoms with Crippen molar-refractivity contribution < 1.29 is 28.2 Å². The van der Waals surface area contributed by atoms with Crippen molar-refractivity contribution in [2.24, 2.45) is 0 Å². The predicted octanol–water partition coefficient (Wildman–Crippen LogP) is 4.23.